The lowest BCUT2D eigenvalue weighted by atomic mass is 9.75. The van der Waals surface area contributed by atoms with Crippen molar-refractivity contribution in [1.82, 2.24) is 0 Å². The monoisotopic (exact) mass is 823 g/mol. The van der Waals surface area contributed by atoms with E-state index >= 15 is 0 Å². The van der Waals surface area contributed by atoms with Crippen molar-refractivity contribution in [3.63, 3.8) is 0 Å². The van der Waals surface area contributed by atoms with Crippen LogP contribution in [0.2, 0.25) is 0 Å². The van der Waals surface area contributed by atoms with Crippen LogP contribution >= 0.6 is 0 Å². The highest BCUT2D eigenvalue weighted by molar-refractivity contribution is 5.91. The van der Waals surface area contributed by atoms with Crippen LogP contribution in [-0.4, -0.2) is 12.6 Å². The van der Waals surface area contributed by atoms with E-state index in [1.165, 1.54) is 137 Å². The molecule has 2 fully saturated rings. The number of rotatable bonds is 13. The van der Waals surface area contributed by atoms with Crippen molar-refractivity contribution in [1.29, 1.82) is 0 Å². The Balaban J connectivity index is 0.873. The van der Waals surface area contributed by atoms with Gasteiger partial charge in [-0.2, -0.15) is 4.57 Å². The van der Waals surface area contributed by atoms with Gasteiger partial charge in [0.15, 0.2) is 29.3 Å². The summed E-state index contributed by atoms with van der Waals surface area (Å²) in [5.41, 5.74) is 23.8. The smallest absolute Gasteiger partial charge is 0.334 e. The van der Waals surface area contributed by atoms with Crippen molar-refractivity contribution >= 4 is 5.97 Å². The number of carbonyl (C=O) groups is 1. The topological polar surface area (TPSA) is 43.3 Å². The Morgan fingerprint density at radius 2 is 1.23 bits per heavy atom. The second-order valence-corrected chi connectivity index (χ2v) is 19.7. The zero-order valence-corrected chi connectivity index (χ0v) is 39.3. The third-order valence-electron chi connectivity index (χ3n) is 15.3. The lowest BCUT2D eigenvalue weighted by molar-refractivity contribution is -0.700. The van der Waals surface area contributed by atoms with Crippen molar-refractivity contribution in [2.45, 2.75) is 165 Å². The van der Waals surface area contributed by atoms with Crippen LogP contribution in [0, 0.1) is 59.3 Å². The van der Waals surface area contributed by atoms with E-state index in [0.29, 0.717) is 25.6 Å². The lowest BCUT2D eigenvalue weighted by Crippen LogP contribution is -2.42. The summed E-state index contributed by atoms with van der Waals surface area (Å²) >= 11 is 0. The number of carbonyl (C=O) groups excluding carboxylic acids is 1. The summed E-state index contributed by atoms with van der Waals surface area (Å²) < 4.78 is 17.0. The number of hydrogen-bond donors (Lipinski definition) is 0. The number of esters is 1. The maximum absolute atomic E-state index is 13.3. The number of hydrogen-bond acceptors (Lipinski definition) is 3. The molecule has 7 rings (SSSR count). The first-order valence-electron chi connectivity index (χ1n) is 23.6. The molecule has 0 atom stereocenters. The molecule has 0 amide bonds. The quantitative estimate of drug-likeness (QED) is 0.0746. The Kier molecular flexibility index (Phi) is 14.4. The van der Waals surface area contributed by atoms with Gasteiger partial charge < -0.3 is 9.47 Å². The highest BCUT2D eigenvalue weighted by Gasteiger charge is 2.29. The van der Waals surface area contributed by atoms with Crippen molar-refractivity contribution in [2.75, 3.05) is 6.61 Å². The van der Waals surface area contributed by atoms with Gasteiger partial charge in [0.25, 0.3) is 0 Å². The summed E-state index contributed by atoms with van der Waals surface area (Å²) in [6.45, 7) is 24.0. The summed E-state index contributed by atoms with van der Waals surface area (Å²) in [7, 11) is 2.15. The molecule has 5 nitrogen and oxygen atoms in total. The van der Waals surface area contributed by atoms with Gasteiger partial charge in [-0.1, -0.05) is 86.9 Å². The molecule has 3 aromatic rings. The number of aromatic nitrogens is 2. The summed E-state index contributed by atoms with van der Waals surface area (Å²) in [6, 6.07) is 13.6. The number of pyridine rings is 2. The largest absolute Gasteiger partial charge is 0.489 e. The third-order valence-corrected chi connectivity index (χ3v) is 15.3. The maximum atomic E-state index is 13.3. The number of aryl methyl sites for hydroxylation is 2. The van der Waals surface area contributed by atoms with E-state index in [1.54, 1.807) is 0 Å². The van der Waals surface area contributed by atoms with Gasteiger partial charge in [0.2, 0.25) is 0 Å². The molecule has 4 aliphatic carbocycles. The second kappa shape index (κ2) is 19.7. The first-order chi connectivity index (χ1) is 29.2. The predicted octanol–water partition coefficient (Wildman–Crippen LogP) is 12.3. The molecule has 0 spiro atoms. The molecular weight excluding hydrogens is 749 g/mol. The fourth-order valence-corrected chi connectivity index (χ4v) is 10.9. The highest BCUT2D eigenvalue weighted by Crippen LogP contribution is 2.39. The van der Waals surface area contributed by atoms with E-state index in [4.69, 9.17) is 9.47 Å². The van der Waals surface area contributed by atoms with Gasteiger partial charge in [-0.3, -0.25) is 0 Å². The fourth-order valence-electron chi connectivity index (χ4n) is 10.9. The molecule has 0 N–H and O–H groups in total. The summed E-state index contributed by atoms with van der Waals surface area (Å²) in [4.78, 5) is 13.3. The van der Waals surface area contributed by atoms with E-state index in [1.807, 2.05) is 0 Å². The Morgan fingerprint density at radius 3 is 1.90 bits per heavy atom. The molecule has 0 radical (unpaired) electrons. The second-order valence-electron chi connectivity index (χ2n) is 19.7. The lowest BCUT2D eigenvalue weighted by Gasteiger charge is -2.32. The van der Waals surface area contributed by atoms with E-state index < -0.39 is 0 Å². The average molecular weight is 823 g/mol. The normalized spacial score (nSPS) is 19.8. The molecule has 5 heteroatoms. The van der Waals surface area contributed by atoms with Gasteiger partial charge in [-0.25, -0.2) is 9.36 Å². The van der Waals surface area contributed by atoms with Crippen LogP contribution in [-0.2, 0) is 40.9 Å². The standard InChI is InChI=1S/C56H74N2O3/c1-36-24-50(29-51-25-37(2)55(31-51)56(59)61-35-49-20-16-46(17-21-49)28-45-14-12-11-13-15-45)30-54(36)44(9)60-34-48-22-18-47(19-23-48)33-58-39(4)27-53(41(6)43(58)8)32-52-26-38(3)57(10)42(7)40(52)5/h18-19,22-23,26-27,45-46,49H,9,11-17,20-21,24-25,28,30-35H2,1-8,10H3/q+2. The zero-order valence-electron chi connectivity index (χ0n) is 39.3. The van der Waals surface area contributed by atoms with Crippen LogP contribution in [0.5, 0.6) is 0 Å². The fraction of sp³-hybridized carbons (Fsp3) is 0.536. The first-order valence-corrected chi connectivity index (χ1v) is 23.6. The Labute approximate surface area is 368 Å². The molecular formula is C56H74N2O3+2. The van der Waals surface area contributed by atoms with Crippen molar-refractivity contribution in [2.24, 2.45) is 24.8 Å². The molecule has 4 aliphatic rings. The minimum absolute atomic E-state index is 0.109. The minimum Gasteiger partial charge on any atom is -0.489 e. The maximum Gasteiger partial charge on any atom is 0.334 e. The van der Waals surface area contributed by atoms with Crippen LogP contribution in [0.1, 0.15) is 160 Å². The van der Waals surface area contributed by atoms with Gasteiger partial charge in [0, 0.05) is 74.9 Å². The van der Waals surface area contributed by atoms with Crippen LogP contribution in [0.4, 0.5) is 0 Å². The summed E-state index contributed by atoms with van der Waals surface area (Å²) in [5.74, 6) is 3.01. The predicted molar refractivity (Wildman–Crippen MR) is 247 cm³/mol. The summed E-state index contributed by atoms with van der Waals surface area (Å²) in [5, 5.41) is 0. The Bertz CT molecular complexity index is 2280. The van der Waals surface area contributed by atoms with Gasteiger partial charge in [-0.05, 0) is 117 Å². The molecule has 2 heterocycles. The average Bonchev–Trinajstić information content (AvgIpc) is 3.82. The minimum atomic E-state index is -0.109. The van der Waals surface area contributed by atoms with Crippen LogP contribution < -0.4 is 9.13 Å². The number of benzene rings is 1. The molecule has 2 saturated carbocycles. The summed E-state index contributed by atoms with van der Waals surface area (Å²) in [6.07, 6.45) is 17.7. The molecule has 1 aromatic carbocycles. The van der Waals surface area contributed by atoms with Crippen LogP contribution in [0.15, 0.2) is 87.9 Å². The SMILES string of the molecule is C=C(OCc1ccc(C[n+]2c(C)cc(Cc3cc(C)[n+](C)c(C)c3C)c(C)c2C)cc1)C1=C(C)CC(=C=C2CC(C)=C(C(=O)OCC3CCC(CC4CCCCC4)CC3)C2)C1. The van der Waals surface area contributed by atoms with E-state index in [0.717, 1.165) is 66.5 Å². The molecule has 0 aliphatic heterocycles. The Hall–Kier alpha value is -4.47. The Morgan fingerprint density at radius 1 is 0.672 bits per heavy atom. The van der Waals surface area contributed by atoms with Crippen LogP contribution in [0.3, 0.4) is 0 Å². The van der Waals surface area contributed by atoms with E-state index in [9.17, 15) is 4.79 Å². The first kappa shape index (κ1) is 44.6. The molecule has 2 aromatic heterocycles. The van der Waals surface area contributed by atoms with Crippen LogP contribution in [0.25, 0.3) is 0 Å². The number of nitrogens with zero attached hydrogens (tertiary/aromatic N) is 2. The zero-order chi connectivity index (χ0) is 43.4. The molecule has 324 valence electrons. The van der Waals surface area contributed by atoms with Gasteiger partial charge in [0.05, 0.1) is 6.61 Å². The molecule has 0 saturated heterocycles. The van der Waals surface area contributed by atoms with Gasteiger partial charge >= 0.3 is 5.97 Å². The van der Waals surface area contributed by atoms with E-state index in [2.05, 4.69) is 120 Å². The van der Waals surface area contributed by atoms with Gasteiger partial charge in [-0.15, -0.1) is 5.73 Å². The number of allylic oxidation sites excluding steroid dienone is 4. The third kappa shape index (κ3) is 10.8. The molecule has 0 bridgehead atoms. The molecule has 61 heavy (non-hydrogen) atoms. The van der Waals surface area contributed by atoms with Crippen molar-refractivity contribution in [3.05, 3.63) is 144 Å². The van der Waals surface area contributed by atoms with Crippen molar-refractivity contribution < 1.29 is 23.4 Å². The highest BCUT2D eigenvalue weighted by atomic mass is 16.5. The van der Waals surface area contributed by atoms with E-state index in [-0.39, 0.29) is 5.97 Å². The van der Waals surface area contributed by atoms with Crippen molar-refractivity contribution in [3.8, 4) is 0 Å². The van der Waals surface area contributed by atoms with Gasteiger partial charge in [0.1, 0.15) is 19.4 Å². The molecule has 0 unspecified atom stereocenters. The number of ether oxygens (including phenoxy) is 2.